The lowest BCUT2D eigenvalue weighted by atomic mass is 10.2. The number of amides is 1. The zero-order chi connectivity index (χ0) is 17.4. The van der Waals surface area contributed by atoms with Gasteiger partial charge in [-0.15, -0.1) is 17.8 Å². The molecule has 0 fully saturated rings. The number of benzene rings is 2. The highest BCUT2D eigenvalue weighted by Crippen LogP contribution is 2.25. The molecule has 2 aromatic heterocycles. The van der Waals surface area contributed by atoms with Crippen molar-refractivity contribution >= 4 is 60.6 Å². The van der Waals surface area contributed by atoms with Crippen LogP contribution in [0.5, 0.6) is 0 Å². The molecule has 0 N–H and O–H groups in total. The quantitative estimate of drug-likeness (QED) is 0.483. The van der Waals surface area contributed by atoms with Crippen LogP contribution in [0.4, 0.5) is 0 Å². The number of para-hydroxylation sites is 1. The van der Waals surface area contributed by atoms with Crippen LogP contribution in [0.2, 0.25) is 5.02 Å². The summed E-state index contributed by atoms with van der Waals surface area (Å²) in [6.45, 7) is 0.295. The van der Waals surface area contributed by atoms with Gasteiger partial charge in [0.1, 0.15) is 0 Å². The van der Waals surface area contributed by atoms with Crippen LogP contribution in [-0.2, 0) is 6.54 Å². The van der Waals surface area contributed by atoms with Crippen molar-refractivity contribution in [2.45, 2.75) is 6.54 Å². The number of fused-ring (bicyclic) bond motifs is 2. The Balaban J connectivity index is 1.87. The first kappa shape index (κ1) is 16.0. The van der Waals surface area contributed by atoms with Gasteiger partial charge in [-0.05, 0) is 30.3 Å². The first-order valence-corrected chi connectivity index (χ1v) is 9.38. The second kappa shape index (κ2) is 6.45. The molecule has 2 aromatic carbocycles. The second-order valence-corrected chi connectivity index (χ2v) is 7.52. The third kappa shape index (κ3) is 2.87. The minimum absolute atomic E-state index is 0.295. The largest absolute Gasteiger partial charge is 0.303 e. The molecule has 7 heteroatoms. The SMILES string of the molecule is C#CCn1/c(=N/C(=O)c2ccc3ncsc3c2)sc2cccc(Cl)c21. The fraction of sp³-hybridized carbons (Fsp3) is 0.0556. The molecule has 0 atom stereocenters. The molecule has 4 aromatic rings. The number of halogens is 1. The summed E-state index contributed by atoms with van der Waals surface area (Å²) in [5, 5.41) is 0.587. The number of rotatable bonds is 2. The van der Waals surface area contributed by atoms with E-state index in [1.54, 1.807) is 22.2 Å². The number of carbonyl (C=O) groups is 1. The molecule has 2 heterocycles. The third-order valence-electron chi connectivity index (χ3n) is 3.68. The van der Waals surface area contributed by atoms with E-state index in [2.05, 4.69) is 15.9 Å². The summed E-state index contributed by atoms with van der Waals surface area (Å²) in [5.41, 5.74) is 3.95. The van der Waals surface area contributed by atoms with Gasteiger partial charge in [0.2, 0.25) is 0 Å². The molecule has 4 rings (SSSR count). The van der Waals surface area contributed by atoms with E-state index in [1.807, 2.05) is 24.3 Å². The van der Waals surface area contributed by atoms with E-state index in [-0.39, 0.29) is 5.91 Å². The molecule has 0 aliphatic heterocycles. The fourth-order valence-corrected chi connectivity index (χ4v) is 4.65. The molecule has 0 aliphatic rings. The summed E-state index contributed by atoms with van der Waals surface area (Å²) in [6.07, 6.45) is 5.48. The molecule has 0 unspecified atom stereocenters. The van der Waals surface area contributed by atoms with Gasteiger partial charge in [-0.1, -0.05) is 34.9 Å². The average Bonchev–Trinajstić information content (AvgIpc) is 3.20. The molecule has 0 saturated carbocycles. The van der Waals surface area contributed by atoms with Crippen molar-refractivity contribution in [2.75, 3.05) is 0 Å². The van der Waals surface area contributed by atoms with Crippen LogP contribution in [-0.4, -0.2) is 15.5 Å². The van der Waals surface area contributed by atoms with E-state index in [4.69, 9.17) is 18.0 Å². The van der Waals surface area contributed by atoms with E-state index in [0.717, 1.165) is 20.4 Å². The zero-order valence-corrected chi connectivity index (χ0v) is 15.2. The third-order valence-corrected chi connectivity index (χ3v) is 5.82. The van der Waals surface area contributed by atoms with Crippen molar-refractivity contribution in [2.24, 2.45) is 4.99 Å². The van der Waals surface area contributed by atoms with Crippen LogP contribution in [0.3, 0.4) is 0 Å². The monoisotopic (exact) mass is 383 g/mol. The van der Waals surface area contributed by atoms with E-state index < -0.39 is 0 Å². The summed E-state index contributed by atoms with van der Waals surface area (Å²) >= 11 is 9.19. The number of hydrogen-bond acceptors (Lipinski definition) is 4. The normalized spacial score (nSPS) is 11.9. The predicted octanol–water partition coefficient (Wildman–Crippen LogP) is 4.34. The molecule has 0 bridgehead atoms. The maximum Gasteiger partial charge on any atom is 0.279 e. The molecule has 0 spiro atoms. The van der Waals surface area contributed by atoms with Crippen LogP contribution in [0, 0.1) is 12.3 Å². The molecule has 0 saturated heterocycles. The summed E-state index contributed by atoms with van der Waals surface area (Å²) in [4.78, 5) is 21.7. The van der Waals surface area contributed by atoms with E-state index in [0.29, 0.717) is 21.9 Å². The Hall–Kier alpha value is -2.46. The lowest BCUT2D eigenvalue weighted by Gasteiger charge is -2.01. The molecule has 0 radical (unpaired) electrons. The fourth-order valence-electron chi connectivity index (χ4n) is 2.55. The number of nitrogens with zero attached hydrogens (tertiary/aromatic N) is 3. The van der Waals surface area contributed by atoms with Crippen LogP contribution >= 0.6 is 34.3 Å². The van der Waals surface area contributed by atoms with Gasteiger partial charge in [0.05, 0.1) is 37.5 Å². The van der Waals surface area contributed by atoms with Gasteiger partial charge in [-0.3, -0.25) is 4.79 Å². The van der Waals surface area contributed by atoms with Gasteiger partial charge in [-0.25, -0.2) is 4.98 Å². The van der Waals surface area contributed by atoms with Gasteiger partial charge >= 0.3 is 0 Å². The summed E-state index contributed by atoms with van der Waals surface area (Å²) in [6, 6.07) is 11.0. The van der Waals surface area contributed by atoms with Gasteiger partial charge in [0.25, 0.3) is 5.91 Å². The Labute approximate surface area is 156 Å². The van der Waals surface area contributed by atoms with Gasteiger partial charge in [0.15, 0.2) is 4.80 Å². The van der Waals surface area contributed by atoms with Crippen LogP contribution in [0.25, 0.3) is 20.4 Å². The molecule has 122 valence electrons. The molecule has 4 nitrogen and oxygen atoms in total. The predicted molar refractivity (Wildman–Crippen MR) is 103 cm³/mol. The Morgan fingerprint density at radius 3 is 3.04 bits per heavy atom. The summed E-state index contributed by atoms with van der Waals surface area (Å²) < 4.78 is 3.69. The lowest BCUT2D eigenvalue weighted by molar-refractivity contribution is 0.0998. The lowest BCUT2D eigenvalue weighted by Crippen LogP contribution is -2.16. The Morgan fingerprint density at radius 2 is 2.20 bits per heavy atom. The standard InChI is InChI=1S/C18H10ClN3OS2/c1-2-8-22-16-12(19)4-3-5-14(16)25-18(22)21-17(23)11-6-7-13-15(9-11)24-10-20-13/h1,3-7,9-10H,8H2/b21-18-. The zero-order valence-electron chi connectivity index (χ0n) is 12.8. The summed E-state index contributed by atoms with van der Waals surface area (Å²) in [5.74, 6) is 2.28. The molecular formula is C18H10ClN3OS2. The molecular weight excluding hydrogens is 374 g/mol. The smallest absolute Gasteiger partial charge is 0.279 e. The van der Waals surface area contributed by atoms with Crippen LogP contribution < -0.4 is 4.80 Å². The maximum absolute atomic E-state index is 12.6. The van der Waals surface area contributed by atoms with Gasteiger partial charge in [-0.2, -0.15) is 4.99 Å². The number of aromatic nitrogens is 2. The second-order valence-electron chi connectivity index (χ2n) is 5.21. The Kier molecular flexibility index (Phi) is 4.14. The topological polar surface area (TPSA) is 47.2 Å². The van der Waals surface area contributed by atoms with Crippen LogP contribution in [0.15, 0.2) is 46.9 Å². The van der Waals surface area contributed by atoms with E-state index in [9.17, 15) is 4.79 Å². The van der Waals surface area contributed by atoms with Crippen molar-refractivity contribution < 1.29 is 4.79 Å². The van der Waals surface area contributed by atoms with Crippen molar-refractivity contribution in [3.05, 3.63) is 57.3 Å². The highest BCUT2D eigenvalue weighted by molar-refractivity contribution is 7.17. The van der Waals surface area contributed by atoms with Crippen LogP contribution in [0.1, 0.15) is 10.4 Å². The first-order chi connectivity index (χ1) is 12.2. The summed E-state index contributed by atoms with van der Waals surface area (Å²) in [7, 11) is 0. The van der Waals surface area contributed by atoms with Crippen molar-refractivity contribution in [3.63, 3.8) is 0 Å². The highest BCUT2D eigenvalue weighted by atomic mass is 35.5. The molecule has 0 aliphatic carbocycles. The van der Waals surface area contributed by atoms with Gasteiger partial charge < -0.3 is 4.57 Å². The molecule has 25 heavy (non-hydrogen) atoms. The number of thiazole rings is 2. The number of terminal acetylenes is 1. The maximum atomic E-state index is 12.6. The van der Waals surface area contributed by atoms with Crippen molar-refractivity contribution in [3.8, 4) is 12.3 Å². The van der Waals surface area contributed by atoms with E-state index in [1.165, 1.54) is 22.7 Å². The van der Waals surface area contributed by atoms with E-state index >= 15 is 0 Å². The average molecular weight is 384 g/mol. The minimum Gasteiger partial charge on any atom is -0.303 e. The Bertz CT molecular complexity index is 1230. The minimum atomic E-state index is -0.316. The number of carbonyl (C=O) groups excluding carboxylic acids is 1. The van der Waals surface area contributed by atoms with Crippen molar-refractivity contribution in [1.29, 1.82) is 0 Å². The number of hydrogen-bond donors (Lipinski definition) is 0. The van der Waals surface area contributed by atoms with Gasteiger partial charge in [0, 0.05) is 5.56 Å². The first-order valence-electron chi connectivity index (χ1n) is 7.31. The molecule has 1 amide bonds. The van der Waals surface area contributed by atoms with Crippen molar-refractivity contribution in [1.82, 2.24) is 9.55 Å². The highest BCUT2D eigenvalue weighted by Gasteiger charge is 2.12. The Morgan fingerprint density at radius 1 is 1.32 bits per heavy atom.